The zero-order chi connectivity index (χ0) is 16.8. The second kappa shape index (κ2) is 7.83. The van der Waals surface area contributed by atoms with Gasteiger partial charge in [0.25, 0.3) is 5.91 Å². The van der Waals surface area contributed by atoms with Crippen LogP contribution >= 0.6 is 11.6 Å². The Kier molecular flexibility index (Phi) is 5.82. The van der Waals surface area contributed by atoms with Crippen LogP contribution in [0.25, 0.3) is 0 Å². The highest BCUT2D eigenvalue weighted by Crippen LogP contribution is 2.28. The molecule has 1 aromatic heterocycles. The molecule has 0 aliphatic rings. The van der Waals surface area contributed by atoms with Gasteiger partial charge in [0.15, 0.2) is 0 Å². The van der Waals surface area contributed by atoms with Gasteiger partial charge in [-0.1, -0.05) is 25.4 Å². The molecule has 0 bridgehead atoms. The fraction of sp³-hybridized carbons (Fsp3) is 0.294. The maximum absolute atomic E-state index is 12.3. The molecular weight excluding hydrogens is 314 g/mol. The number of amides is 1. The topological polar surface area (TPSA) is 63.2 Å². The van der Waals surface area contributed by atoms with E-state index in [1.165, 1.54) is 7.11 Å². The van der Waals surface area contributed by atoms with Crippen molar-refractivity contribution in [1.29, 1.82) is 0 Å². The van der Waals surface area contributed by atoms with Crippen LogP contribution in [0.2, 0.25) is 5.02 Å². The van der Waals surface area contributed by atoms with Crippen LogP contribution in [0.1, 0.15) is 24.3 Å². The molecule has 0 unspecified atom stereocenters. The normalized spacial score (nSPS) is 10.5. The first-order chi connectivity index (χ1) is 11.0. The lowest BCUT2D eigenvalue weighted by Crippen LogP contribution is -2.15. The van der Waals surface area contributed by atoms with Crippen LogP contribution in [0.4, 0.5) is 11.4 Å². The standard InChI is InChI=1S/C17H20ClN3O2/c1-11(2)9-19-13-5-6-14(20-10-13)17(22)21-15-8-12(18)4-7-16(15)23-3/h4-8,10-11,19H,9H2,1-3H3,(H,21,22). The molecule has 2 aromatic rings. The molecule has 0 spiro atoms. The highest BCUT2D eigenvalue weighted by Gasteiger charge is 2.11. The average Bonchev–Trinajstić information content (AvgIpc) is 2.53. The van der Waals surface area contributed by atoms with E-state index in [0.717, 1.165) is 12.2 Å². The molecule has 0 aliphatic heterocycles. The molecule has 23 heavy (non-hydrogen) atoms. The number of methoxy groups -OCH3 is 1. The van der Waals surface area contributed by atoms with Gasteiger partial charge in [0.1, 0.15) is 11.4 Å². The van der Waals surface area contributed by atoms with E-state index < -0.39 is 0 Å². The zero-order valence-corrected chi connectivity index (χ0v) is 14.1. The number of carbonyl (C=O) groups excluding carboxylic acids is 1. The summed E-state index contributed by atoms with van der Waals surface area (Å²) in [6, 6.07) is 8.54. The van der Waals surface area contributed by atoms with E-state index >= 15 is 0 Å². The van der Waals surface area contributed by atoms with Crippen LogP contribution in [-0.4, -0.2) is 24.5 Å². The second-order valence-electron chi connectivity index (χ2n) is 5.51. The fourth-order valence-electron chi connectivity index (χ4n) is 1.92. The molecule has 0 fully saturated rings. The number of nitrogens with one attached hydrogen (secondary N) is 2. The summed E-state index contributed by atoms with van der Waals surface area (Å²) < 4.78 is 5.21. The van der Waals surface area contributed by atoms with E-state index in [1.54, 1.807) is 30.5 Å². The molecule has 0 saturated heterocycles. The quantitative estimate of drug-likeness (QED) is 0.836. The predicted molar refractivity (Wildman–Crippen MR) is 93.5 cm³/mol. The summed E-state index contributed by atoms with van der Waals surface area (Å²) in [5.74, 6) is 0.757. The van der Waals surface area contributed by atoms with Crippen LogP contribution in [0.5, 0.6) is 5.75 Å². The number of hydrogen-bond donors (Lipinski definition) is 2. The zero-order valence-electron chi connectivity index (χ0n) is 13.4. The number of ether oxygens (including phenoxy) is 1. The smallest absolute Gasteiger partial charge is 0.274 e. The minimum atomic E-state index is -0.319. The van der Waals surface area contributed by atoms with Gasteiger partial charge in [-0.05, 0) is 36.2 Å². The van der Waals surface area contributed by atoms with Crippen LogP contribution in [-0.2, 0) is 0 Å². The van der Waals surface area contributed by atoms with E-state index in [-0.39, 0.29) is 5.91 Å². The summed E-state index contributed by atoms with van der Waals surface area (Å²) in [5.41, 5.74) is 1.71. The summed E-state index contributed by atoms with van der Waals surface area (Å²) in [7, 11) is 1.53. The predicted octanol–water partition coefficient (Wildman–Crippen LogP) is 4.06. The van der Waals surface area contributed by atoms with Crippen molar-refractivity contribution in [2.24, 2.45) is 5.92 Å². The third-order valence-electron chi connectivity index (χ3n) is 3.12. The summed E-state index contributed by atoms with van der Waals surface area (Å²) in [4.78, 5) is 16.5. The molecule has 6 heteroatoms. The van der Waals surface area contributed by atoms with Crippen molar-refractivity contribution in [3.63, 3.8) is 0 Å². The minimum Gasteiger partial charge on any atom is -0.495 e. The Morgan fingerprint density at radius 2 is 2.09 bits per heavy atom. The monoisotopic (exact) mass is 333 g/mol. The number of rotatable bonds is 6. The number of carbonyl (C=O) groups is 1. The summed E-state index contributed by atoms with van der Waals surface area (Å²) in [6.07, 6.45) is 1.65. The van der Waals surface area contributed by atoms with Crippen molar-refractivity contribution in [2.75, 3.05) is 24.3 Å². The first-order valence-corrected chi connectivity index (χ1v) is 7.72. The second-order valence-corrected chi connectivity index (χ2v) is 5.94. The van der Waals surface area contributed by atoms with E-state index in [9.17, 15) is 4.79 Å². The maximum atomic E-state index is 12.3. The van der Waals surface area contributed by atoms with Crippen molar-refractivity contribution in [2.45, 2.75) is 13.8 Å². The number of hydrogen-bond acceptors (Lipinski definition) is 4. The summed E-state index contributed by atoms with van der Waals surface area (Å²) >= 11 is 5.95. The van der Waals surface area contributed by atoms with E-state index in [0.29, 0.717) is 28.1 Å². The van der Waals surface area contributed by atoms with E-state index in [2.05, 4.69) is 29.5 Å². The highest BCUT2D eigenvalue weighted by atomic mass is 35.5. The Morgan fingerprint density at radius 3 is 2.70 bits per heavy atom. The SMILES string of the molecule is COc1ccc(Cl)cc1NC(=O)c1ccc(NCC(C)C)cn1. The van der Waals surface area contributed by atoms with Gasteiger partial charge in [-0.2, -0.15) is 0 Å². The Balaban J connectivity index is 2.07. The summed E-state index contributed by atoms with van der Waals surface area (Å²) in [5, 5.41) is 6.53. The number of anilines is 2. The number of aromatic nitrogens is 1. The average molecular weight is 334 g/mol. The molecule has 2 N–H and O–H groups in total. The largest absolute Gasteiger partial charge is 0.495 e. The Labute approximate surface area is 141 Å². The van der Waals surface area contributed by atoms with E-state index in [1.807, 2.05) is 6.07 Å². The van der Waals surface area contributed by atoms with Gasteiger partial charge in [-0.15, -0.1) is 0 Å². The van der Waals surface area contributed by atoms with Crippen LogP contribution in [0, 0.1) is 5.92 Å². The van der Waals surface area contributed by atoms with Crippen LogP contribution in [0.15, 0.2) is 36.5 Å². The lowest BCUT2D eigenvalue weighted by molar-refractivity contribution is 0.102. The van der Waals surface area contributed by atoms with Crippen LogP contribution < -0.4 is 15.4 Å². The lowest BCUT2D eigenvalue weighted by atomic mass is 10.2. The van der Waals surface area contributed by atoms with Crippen molar-refractivity contribution in [3.8, 4) is 5.75 Å². The molecule has 1 heterocycles. The van der Waals surface area contributed by atoms with Crippen molar-refractivity contribution in [1.82, 2.24) is 4.98 Å². The van der Waals surface area contributed by atoms with Crippen LogP contribution in [0.3, 0.4) is 0 Å². The van der Waals surface area contributed by atoms with Crippen molar-refractivity contribution in [3.05, 3.63) is 47.2 Å². The molecule has 0 saturated carbocycles. The van der Waals surface area contributed by atoms with Gasteiger partial charge in [-0.25, -0.2) is 4.98 Å². The Morgan fingerprint density at radius 1 is 1.30 bits per heavy atom. The van der Waals surface area contributed by atoms with Gasteiger partial charge < -0.3 is 15.4 Å². The van der Waals surface area contributed by atoms with Crippen molar-refractivity contribution >= 4 is 28.9 Å². The number of nitrogens with zero attached hydrogens (tertiary/aromatic N) is 1. The third-order valence-corrected chi connectivity index (χ3v) is 3.36. The molecular formula is C17H20ClN3O2. The first kappa shape index (κ1) is 17.1. The van der Waals surface area contributed by atoms with Gasteiger partial charge >= 0.3 is 0 Å². The Hall–Kier alpha value is -2.27. The third kappa shape index (κ3) is 4.86. The molecule has 1 amide bonds. The molecule has 1 aromatic carbocycles. The van der Waals surface area contributed by atoms with Gasteiger partial charge in [0.05, 0.1) is 24.7 Å². The van der Waals surface area contributed by atoms with Crippen molar-refractivity contribution < 1.29 is 9.53 Å². The number of benzene rings is 1. The highest BCUT2D eigenvalue weighted by molar-refractivity contribution is 6.31. The number of pyridine rings is 1. The molecule has 0 radical (unpaired) electrons. The maximum Gasteiger partial charge on any atom is 0.274 e. The molecule has 0 atom stereocenters. The summed E-state index contributed by atoms with van der Waals surface area (Å²) in [6.45, 7) is 5.11. The Bertz CT molecular complexity index is 672. The van der Waals surface area contributed by atoms with Gasteiger partial charge in [0, 0.05) is 11.6 Å². The minimum absolute atomic E-state index is 0.319. The first-order valence-electron chi connectivity index (χ1n) is 7.34. The van der Waals surface area contributed by atoms with E-state index in [4.69, 9.17) is 16.3 Å². The molecule has 0 aliphatic carbocycles. The van der Waals surface area contributed by atoms with Gasteiger partial charge in [-0.3, -0.25) is 4.79 Å². The molecule has 5 nitrogen and oxygen atoms in total. The van der Waals surface area contributed by atoms with Gasteiger partial charge in [0.2, 0.25) is 0 Å². The number of halogens is 1. The lowest BCUT2D eigenvalue weighted by Gasteiger charge is -2.11. The fourth-order valence-corrected chi connectivity index (χ4v) is 2.09. The molecule has 122 valence electrons. The molecule has 2 rings (SSSR count).